The molecule has 1 aromatic rings. The molecule has 0 bridgehead atoms. The number of nitrogens with two attached hydrogens (primary N) is 1. The predicted octanol–water partition coefficient (Wildman–Crippen LogP) is 2.24. The van der Waals surface area contributed by atoms with Crippen molar-refractivity contribution in [3.63, 3.8) is 0 Å². The molecule has 0 aliphatic rings. The molecule has 13 heavy (non-hydrogen) atoms. The van der Waals surface area contributed by atoms with E-state index in [1.54, 1.807) is 12.1 Å². The lowest BCUT2D eigenvalue weighted by Gasteiger charge is -2.06. The van der Waals surface area contributed by atoms with Crippen LogP contribution in [0.1, 0.15) is 6.42 Å². The third kappa shape index (κ3) is 2.86. The number of anilines is 1. The maximum Gasteiger partial charge on any atom is 0.164 e. The maximum atomic E-state index is 13.2. The van der Waals surface area contributed by atoms with Gasteiger partial charge in [0.15, 0.2) is 5.82 Å². The average Bonchev–Trinajstić information content (AvgIpc) is 2.13. The Kier molecular flexibility index (Phi) is 3.99. The molecule has 72 valence electrons. The fourth-order valence-electron chi connectivity index (χ4n) is 0.965. The summed E-state index contributed by atoms with van der Waals surface area (Å²) in [5.74, 6) is -0.402. The molecule has 0 saturated heterocycles. The van der Waals surface area contributed by atoms with Gasteiger partial charge in [0.05, 0.1) is 10.7 Å². The standard InChI is InChI=1S/C9H12ClFN2/c10-7-3-1-4-8(9(7)11)13-6-2-5-12/h1,3-4,13H,2,5-6,12H2. The van der Waals surface area contributed by atoms with Gasteiger partial charge in [0.2, 0.25) is 0 Å². The zero-order valence-electron chi connectivity index (χ0n) is 7.19. The fourth-order valence-corrected chi connectivity index (χ4v) is 1.14. The Bertz CT molecular complexity index is 278. The lowest BCUT2D eigenvalue weighted by molar-refractivity contribution is 0.630. The van der Waals surface area contributed by atoms with E-state index in [0.29, 0.717) is 18.8 Å². The molecule has 0 saturated carbocycles. The van der Waals surface area contributed by atoms with Gasteiger partial charge in [0.1, 0.15) is 0 Å². The van der Waals surface area contributed by atoms with E-state index in [1.807, 2.05) is 0 Å². The van der Waals surface area contributed by atoms with Crippen LogP contribution in [0.15, 0.2) is 18.2 Å². The molecule has 3 N–H and O–H groups in total. The van der Waals surface area contributed by atoms with Gasteiger partial charge in [0.25, 0.3) is 0 Å². The largest absolute Gasteiger partial charge is 0.383 e. The summed E-state index contributed by atoms with van der Waals surface area (Å²) < 4.78 is 13.2. The number of halogens is 2. The summed E-state index contributed by atoms with van der Waals surface area (Å²) in [6.45, 7) is 1.25. The van der Waals surface area contributed by atoms with Crippen LogP contribution < -0.4 is 11.1 Å². The molecule has 0 aliphatic heterocycles. The van der Waals surface area contributed by atoms with Crippen LogP contribution in [0.25, 0.3) is 0 Å². The molecule has 4 heteroatoms. The van der Waals surface area contributed by atoms with Crippen molar-refractivity contribution < 1.29 is 4.39 Å². The Morgan fingerprint density at radius 2 is 2.23 bits per heavy atom. The molecule has 2 nitrogen and oxygen atoms in total. The Labute approximate surface area is 81.9 Å². The summed E-state index contributed by atoms with van der Waals surface area (Å²) in [7, 11) is 0. The second kappa shape index (κ2) is 5.04. The van der Waals surface area contributed by atoms with Crippen LogP contribution in [0.2, 0.25) is 5.02 Å². The summed E-state index contributed by atoms with van der Waals surface area (Å²) in [5.41, 5.74) is 5.73. The fraction of sp³-hybridized carbons (Fsp3) is 0.333. The number of hydrogen-bond donors (Lipinski definition) is 2. The maximum absolute atomic E-state index is 13.2. The van der Waals surface area contributed by atoms with Crippen LogP contribution in [0, 0.1) is 5.82 Å². The first kappa shape index (κ1) is 10.3. The lowest BCUT2D eigenvalue weighted by atomic mass is 10.3. The van der Waals surface area contributed by atoms with Crippen LogP contribution in [-0.2, 0) is 0 Å². The molecule has 0 amide bonds. The monoisotopic (exact) mass is 202 g/mol. The Balaban J connectivity index is 2.61. The summed E-state index contributed by atoms with van der Waals surface area (Å²) in [6, 6.07) is 4.87. The second-order valence-corrected chi connectivity index (χ2v) is 3.08. The van der Waals surface area contributed by atoms with E-state index in [2.05, 4.69) is 5.32 Å². The third-order valence-electron chi connectivity index (χ3n) is 1.65. The SMILES string of the molecule is NCCCNc1cccc(Cl)c1F. The van der Waals surface area contributed by atoms with E-state index in [1.165, 1.54) is 6.07 Å². The van der Waals surface area contributed by atoms with Gasteiger partial charge in [-0.1, -0.05) is 17.7 Å². The molecule has 0 spiro atoms. The number of rotatable bonds is 4. The molecule has 0 atom stereocenters. The Morgan fingerprint density at radius 1 is 1.46 bits per heavy atom. The van der Waals surface area contributed by atoms with Gasteiger partial charge in [-0.15, -0.1) is 0 Å². The van der Waals surface area contributed by atoms with E-state index in [9.17, 15) is 4.39 Å². The number of hydrogen-bond acceptors (Lipinski definition) is 2. The van der Waals surface area contributed by atoms with Crippen molar-refractivity contribution >= 4 is 17.3 Å². The van der Waals surface area contributed by atoms with Gasteiger partial charge in [-0.05, 0) is 25.1 Å². The van der Waals surface area contributed by atoms with Crippen LogP contribution in [0.4, 0.5) is 10.1 Å². The minimum Gasteiger partial charge on any atom is -0.383 e. The van der Waals surface area contributed by atoms with Crippen molar-refractivity contribution in [2.45, 2.75) is 6.42 Å². The number of benzene rings is 1. The van der Waals surface area contributed by atoms with Crippen LogP contribution in [0.5, 0.6) is 0 Å². The highest BCUT2D eigenvalue weighted by Crippen LogP contribution is 2.21. The first-order chi connectivity index (χ1) is 6.25. The van der Waals surface area contributed by atoms with E-state index < -0.39 is 5.82 Å². The summed E-state index contributed by atoms with van der Waals surface area (Å²) >= 11 is 5.59. The van der Waals surface area contributed by atoms with Crippen molar-refractivity contribution in [3.05, 3.63) is 29.0 Å². The van der Waals surface area contributed by atoms with Crippen molar-refractivity contribution in [2.75, 3.05) is 18.4 Å². The van der Waals surface area contributed by atoms with Crippen molar-refractivity contribution in [2.24, 2.45) is 5.73 Å². The molecular weight excluding hydrogens is 191 g/mol. The highest BCUT2D eigenvalue weighted by Gasteiger charge is 2.04. The quantitative estimate of drug-likeness (QED) is 0.735. The van der Waals surface area contributed by atoms with Crippen LogP contribution in [-0.4, -0.2) is 13.1 Å². The van der Waals surface area contributed by atoms with E-state index in [-0.39, 0.29) is 5.02 Å². The first-order valence-electron chi connectivity index (χ1n) is 4.13. The Hall–Kier alpha value is -0.800. The van der Waals surface area contributed by atoms with Gasteiger partial charge < -0.3 is 11.1 Å². The average molecular weight is 203 g/mol. The topological polar surface area (TPSA) is 38.0 Å². The zero-order chi connectivity index (χ0) is 9.68. The van der Waals surface area contributed by atoms with Crippen LogP contribution in [0.3, 0.4) is 0 Å². The molecule has 0 heterocycles. The Morgan fingerprint density at radius 3 is 2.92 bits per heavy atom. The summed E-state index contributed by atoms with van der Waals surface area (Å²) in [5, 5.41) is 3.05. The van der Waals surface area contributed by atoms with Crippen molar-refractivity contribution in [1.29, 1.82) is 0 Å². The zero-order valence-corrected chi connectivity index (χ0v) is 7.94. The summed E-state index contributed by atoms with van der Waals surface area (Å²) in [6.07, 6.45) is 0.811. The summed E-state index contributed by atoms with van der Waals surface area (Å²) in [4.78, 5) is 0. The minimum absolute atomic E-state index is 0.137. The highest BCUT2D eigenvalue weighted by atomic mass is 35.5. The predicted molar refractivity (Wildman–Crippen MR) is 53.6 cm³/mol. The number of nitrogens with one attached hydrogen (secondary N) is 1. The van der Waals surface area contributed by atoms with Gasteiger partial charge in [-0.2, -0.15) is 0 Å². The van der Waals surface area contributed by atoms with Gasteiger partial charge >= 0.3 is 0 Å². The van der Waals surface area contributed by atoms with E-state index in [0.717, 1.165) is 6.42 Å². The molecule has 0 aromatic heterocycles. The third-order valence-corrected chi connectivity index (χ3v) is 1.94. The molecule has 0 aliphatic carbocycles. The van der Waals surface area contributed by atoms with Gasteiger partial charge in [-0.3, -0.25) is 0 Å². The second-order valence-electron chi connectivity index (χ2n) is 2.67. The molecule has 0 fully saturated rings. The van der Waals surface area contributed by atoms with E-state index >= 15 is 0 Å². The van der Waals surface area contributed by atoms with Gasteiger partial charge in [-0.25, -0.2) is 4.39 Å². The smallest absolute Gasteiger partial charge is 0.164 e. The first-order valence-corrected chi connectivity index (χ1v) is 4.51. The normalized spacial score (nSPS) is 10.1. The molecular formula is C9H12ClFN2. The molecule has 0 radical (unpaired) electrons. The lowest BCUT2D eigenvalue weighted by Crippen LogP contribution is -2.09. The van der Waals surface area contributed by atoms with Crippen molar-refractivity contribution in [1.82, 2.24) is 0 Å². The van der Waals surface area contributed by atoms with Crippen molar-refractivity contribution in [3.8, 4) is 0 Å². The minimum atomic E-state index is -0.402. The van der Waals surface area contributed by atoms with Crippen LogP contribution >= 0.6 is 11.6 Å². The molecule has 1 aromatic carbocycles. The molecule has 0 unspecified atom stereocenters. The van der Waals surface area contributed by atoms with E-state index in [4.69, 9.17) is 17.3 Å². The highest BCUT2D eigenvalue weighted by molar-refractivity contribution is 6.31. The van der Waals surface area contributed by atoms with Gasteiger partial charge in [0, 0.05) is 6.54 Å². The molecule has 1 rings (SSSR count).